The number of piperazine rings is 1. The Labute approximate surface area is 166 Å². The molecule has 0 spiro atoms. The van der Waals surface area contributed by atoms with Crippen molar-refractivity contribution >= 4 is 23.1 Å². The topological polar surface area (TPSA) is 61.4 Å². The lowest BCUT2D eigenvalue weighted by atomic mass is 10.2. The zero-order valence-electron chi connectivity index (χ0n) is 15.6. The van der Waals surface area contributed by atoms with Crippen molar-refractivity contribution in [2.75, 3.05) is 36.4 Å². The Morgan fingerprint density at radius 1 is 0.897 bits per heavy atom. The van der Waals surface area contributed by atoms with Crippen LogP contribution in [0.15, 0.2) is 60.7 Å². The number of hydrogen-bond acceptors (Lipinski definition) is 5. The fourth-order valence-corrected chi connectivity index (χ4v) is 3.21. The van der Waals surface area contributed by atoms with E-state index >= 15 is 0 Å². The van der Waals surface area contributed by atoms with Crippen molar-refractivity contribution in [2.24, 2.45) is 0 Å². The van der Waals surface area contributed by atoms with Crippen molar-refractivity contribution in [1.82, 2.24) is 15.1 Å². The molecule has 0 atom stereocenters. The van der Waals surface area contributed by atoms with Gasteiger partial charge in [0.2, 0.25) is 0 Å². The minimum Gasteiger partial charge on any atom is -0.368 e. The molecule has 0 bridgehead atoms. The maximum Gasteiger partial charge on any atom is 0.274 e. The van der Waals surface area contributed by atoms with E-state index in [0.29, 0.717) is 13.1 Å². The molecule has 1 saturated heterocycles. The second kappa shape index (κ2) is 8.22. The lowest BCUT2D eigenvalue weighted by Gasteiger charge is -2.35. The highest BCUT2D eigenvalue weighted by atomic mass is 19.1. The summed E-state index contributed by atoms with van der Waals surface area (Å²) in [4.78, 5) is 16.7. The third-order valence-electron chi connectivity index (χ3n) is 4.77. The van der Waals surface area contributed by atoms with Crippen molar-refractivity contribution in [3.8, 4) is 0 Å². The zero-order valence-corrected chi connectivity index (χ0v) is 15.6. The maximum atomic E-state index is 13.7. The SMILES string of the molecule is O=C(c1ccc(Nc2ccc(F)cc2F)nn1)N1CCN(c2ccccc2)CC1. The maximum absolute atomic E-state index is 13.7. The highest BCUT2D eigenvalue weighted by molar-refractivity contribution is 5.92. The van der Waals surface area contributed by atoms with E-state index in [1.54, 1.807) is 17.0 Å². The summed E-state index contributed by atoms with van der Waals surface area (Å²) in [5.74, 6) is -1.32. The van der Waals surface area contributed by atoms with E-state index in [2.05, 4.69) is 32.5 Å². The van der Waals surface area contributed by atoms with Gasteiger partial charge >= 0.3 is 0 Å². The molecule has 1 amide bonds. The molecule has 0 saturated carbocycles. The Hall–Kier alpha value is -3.55. The standard InChI is InChI=1S/C21H19F2N5O/c22-15-6-7-18(17(23)14-15)24-20-9-8-19(25-26-20)21(29)28-12-10-27(11-13-28)16-4-2-1-3-5-16/h1-9,14H,10-13H2,(H,24,26). The lowest BCUT2D eigenvalue weighted by molar-refractivity contribution is 0.0739. The number of rotatable bonds is 4. The normalized spacial score (nSPS) is 14.0. The Kier molecular flexibility index (Phi) is 5.33. The Morgan fingerprint density at radius 2 is 1.66 bits per heavy atom. The molecule has 1 aliphatic rings. The molecule has 1 fully saturated rings. The van der Waals surface area contributed by atoms with Gasteiger partial charge in [-0.15, -0.1) is 10.2 Å². The number of hydrogen-bond donors (Lipinski definition) is 1. The summed E-state index contributed by atoms with van der Waals surface area (Å²) in [5.41, 5.74) is 1.45. The summed E-state index contributed by atoms with van der Waals surface area (Å²) in [6.45, 7) is 2.67. The lowest BCUT2D eigenvalue weighted by Crippen LogP contribution is -2.49. The number of carbonyl (C=O) groups is 1. The third kappa shape index (κ3) is 4.31. The Balaban J connectivity index is 1.37. The first-order valence-electron chi connectivity index (χ1n) is 9.25. The van der Waals surface area contributed by atoms with Crippen molar-refractivity contribution in [2.45, 2.75) is 0 Å². The molecular formula is C21H19F2N5O. The number of halogens is 2. The van der Waals surface area contributed by atoms with Gasteiger partial charge in [0.05, 0.1) is 5.69 Å². The van der Waals surface area contributed by atoms with Gasteiger partial charge in [-0.3, -0.25) is 4.79 Å². The first-order chi connectivity index (χ1) is 14.1. The molecule has 1 aromatic heterocycles. The fourth-order valence-electron chi connectivity index (χ4n) is 3.21. The zero-order chi connectivity index (χ0) is 20.2. The molecule has 1 N–H and O–H groups in total. The van der Waals surface area contributed by atoms with Crippen LogP contribution in [0.1, 0.15) is 10.5 Å². The second-order valence-electron chi connectivity index (χ2n) is 6.67. The molecule has 29 heavy (non-hydrogen) atoms. The number of nitrogens with zero attached hydrogens (tertiary/aromatic N) is 4. The molecule has 6 nitrogen and oxygen atoms in total. The van der Waals surface area contributed by atoms with Crippen LogP contribution in [-0.2, 0) is 0 Å². The minimum atomic E-state index is -0.733. The number of carbonyl (C=O) groups excluding carboxylic acids is 1. The molecular weight excluding hydrogens is 376 g/mol. The highest BCUT2D eigenvalue weighted by Gasteiger charge is 2.23. The first kappa shape index (κ1) is 18.8. The van der Waals surface area contributed by atoms with Gasteiger partial charge in [0.1, 0.15) is 11.6 Å². The Bertz CT molecular complexity index is 990. The van der Waals surface area contributed by atoms with E-state index in [-0.39, 0.29) is 23.1 Å². The van der Waals surface area contributed by atoms with E-state index in [1.165, 1.54) is 6.07 Å². The average molecular weight is 395 g/mol. The van der Waals surface area contributed by atoms with Crippen molar-refractivity contribution in [1.29, 1.82) is 0 Å². The van der Waals surface area contributed by atoms with Crippen LogP contribution in [0.3, 0.4) is 0 Å². The van der Waals surface area contributed by atoms with Crippen molar-refractivity contribution in [3.63, 3.8) is 0 Å². The minimum absolute atomic E-state index is 0.0804. The van der Waals surface area contributed by atoms with Gasteiger partial charge in [0, 0.05) is 37.9 Å². The summed E-state index contributed by atoms with van der Waals surface area (Å²) in [5, 5.41) is 10.6. The number of nitrogens with one attached hydrogen (secondary N) is 1. The predicted octanol–water partition coefficient (Wildman–Crippen LogP) is 3.46. The smallest absolute Gasteiger partial charge is 0.274 e. The van der Waals surface area contributed by atoms with Crippen LogP contribution in [0.4, 0.5) is 26.0 Å². The monoisotopic (exact) mass is 395 g/mol. The van der Waals surface area contributed by atoms with Gasteiger partial charge in [-0.1, -0.05) is 18.2 Å². The van der Waals surface area contributed by atoms with E-state index < -0.39 is 11.6 Å². The van der Waals surface area contributed by atoms with E-state index in [4.69, 9.17) is 0 Å². The first-order valence-corrected chi connectivity index (χ1v) is 9.25. The molecule has 4 rings (SSSR count). The van der Waals surface area contributed by atoms with Crippen LogP contribution < -0.4 is 10.2 Å². The molecule has 0 aliphatic carbocycles. The van der Waals surface area contributed by atoms with E-state index in [0.717, 1.165) is 30.9 Å². The van der Waals surface area contributed by atoms with Crippen LogP contribution >= 0.6 is 0 Å². The number of benzene rings is 2. The van der Waals surface area contributed by atoms with E-state index in [1.807, 2.05) is 18.2 Å². The molecule has 8 heteroatoms. The molecule has 2 heterocycles. The summed E-state index contributed by atoms with van der Waals surface area (Å²) < 4.78 is 26.7. The van der Waals surface area contributed by atoms with Crippen LogP contribution in [0.2, 0.25) is 0 Å². The predicted molar refractivity (Wildman–Crippen MR) is 106 cm³/mol. The fraction of sp³-hybridized carbons (Fsp3) is 0.190. The van der Waals surface area contributed by atoms with Crippen molar-refractivity contribution < 1.29 is 13.6 Å². The number of amides is 1. The van der Waals surface area contributed by atoms with Gasteiger partial charge in [-0.2, -0.15) is 0 Å². The summed E-state index contributed by atoms with van der Waals surface area (Å²) in [6.07, 6.45) is 0. The van der Waals surface area contributed by atoms with Gasteiger partial charge < -0.3 is 15.1 Å². The number of para-hydroxylation sites is 1. The van der Waals surface area contributed by atoms with Crippen molar-refractivity contribution in [3.05, 3.63) is 78.0 Å². The molecule has 148 valence electrons. The molecule has 2 aromatic carbocycles. The third-order valence-corrected chi connectivity index (χ3v) is 4.77. The molecule has 3 aromatic rings. The van der Waals surface area contributed by atoms with Gasteiger partial charge in [-0.25, -0.2) is 8.78 Å². The van der Waals surface area contributed by atoms with Crippen LogP contribution in [-0.4, -0.2) is 47.2 Å². The van der Waals surface area contributed by atoms with Crippen LogP contribution in [0.5, 0.6) is 0 Å². The second-order valence-corrected chi connectivity index (χ2v) is 6.67. The van der Waals surface area contributed by atoms with Gasteiger partial charge in [-0.05, 0) is 36.4 Å². The highest BCUT2D eigenvalue weighted by Crippen LogP contribution is 2.20. The van der Waals surface area contributed by atoms with Crippen LogP contribution in [0, 0.1) is 11.6 Å². The summed E-state index contributed by atoms with van der Waals surface area (Å²) >= 11 is 0. The van der Waals surface area contributed by atoms with Gasteiger partial charge in [0.25, 0.3) is 5.91 Å². The number of aromatic nitrogens is 2. The van der Waals surface area contributed by atoms with Crippen LogP contribution in [0.25, 0.3) is 0 Å². The quantitative estimate of drug-likeness (QED) is 0.733. The largest absolute Gasteiger partial charge is 0.368 e. The molecule has 1 aliphatic heterocycles. The molecule has 0 unspecified atom stereocenters. The number of anilines is 3. The Morgan fingerprint density at radius 3 is 2.31 bits per heavy atom. The van der Waals surface area contributed by atoms with Gasteiger partial charge in [0.15, 0.2) is 11.5 Å². The summed E-state index contributed by atoms with van der Waals surface area (Å²) in [6, 6.07) is 16.4. The molecule has 0 radical (unpaired) electrons. The average Bonchev–Trinajstić information content (AvgIpc) is 2.76. The summed E-state index contributed by atoms with van der Waals surface area (Å²) in [7, 11) is 0. The van der Waals surface area contributed by atoms with E-state index in [9.17, 15) is 13.6 Å².